The molecule has 6 atom stereocenters. The molecule has 0 spiro atoms. The van der Waals surface area contributed by atoms with Gasteiger partial charge in [0.15, 0.2) is 0 Å². The van der Waals surface area contributed by atoms with Gasteiger partial charge in [-0.25, -0.2) is 9.59 Å². The van der Waals surface area contributed by atoms with Crippen molar-refractivity contribution in [3.63, 3.8) is 0 Å². The van der Waals surface area contributed by atoms with Crippen LogP contribution in [0.2, 0.25) is 0 Å². The van der Waals surface area contributed by atoms with Crippen LogP contribution in [0.1, 0.15) is 36.2 Å². The largest absolute Gasteiger partial charge is 0.478 e. The number of benzene rings is 1. The number of carboxylic acids is 2. The van der Waals surface area contributed by atoms with E-state index in [1.54, 1.807) is 19.1 Å². The van der Waals surface area contributed by atoms with Crippen LogP contribution in [0.3, 0.4) is 0 Å². The summed E-state index contributed by atoms with van der Waals surface area (Å²) in [4.78, 5) is 50.4. The number of hydrogen-bond acceptors (Lipinski definition) is 7. The zero-order valence-corrected chi connectivity index (χ0v) is 19.8. The zero-order chi connectivity index (χ0) is 24.9. The summed E-state index contributed by atoms with van der Waals surface area (Å²) in [6.07, 6.45) is -0.421. The fraction of sp³-hybridized carbons (Fsp3) is 0.478. The lowest BCUT2D eigenvalue weighted by Gasteiger charge is -2.46. The standard InChI is InChI=1S/C23H27N3O7S/c1-9-4-5-12(6-14(9)22(30)31)25-20(28)15-7-13(8-24-15)34-19-10(2)17-16(11(3)27)21(29)26(17)18(19)23(32)33/h4-6,10-11,13,15-17,24,27H,7-8H2,1-3H3,(H,25,28)(H,30,31)(H,32,33). The molecule has 0 aromatic heterocycles. The van der Waals surface area contributed by atoms with Gasteiger partial charge in [0.1, 0.15) is 5.70 Å². The molecule has 3 aliphatic rings. The molecule has 3 aliphatic heterocycles. The van der Waals surface area contributed by atoms with E-state index in [1.807, 2.05) is 6.92 Å². The van der Waals surface area contributed by atoms with Crippen molar-refractivity contribution in [1.29, 1.82) is 0 Å². The number of thioether (sulfide) groups is 1. The Morgan fingerprint density at radius 2 is 1.94 bits per heavy atom. The quantitative estimate of drug-likeness (QED) is 0.356. The van der Waals surface area contributed by atoms with E-state index in [1.165, 1.54) is 29.7 Å². The summed E-state index contributed by atoms with van der Waals surface area (Å²) in [5.41, 5.74) is 1.07. The maximum atomic E-state index is 12.8. The van der Waals surface area contributed by atoms with E-state index in [0.29, 0.717) is 29.1 Å². The van der Waals surface area contributed by atoms with Crippen molar-refractivity contribution in [2.75, 3.05) is 11.9 Å². The van der Waals surface area contributed by atoms with Gasteiger partial charge in [-0.05, 0) is 38.0 Å². The number of carbonyl (C=O) groups is 4. The summed E-state index contributed by atoms with van der Waals surface area (Å²) in [6, 6.07) is 3.79. The van der Waals surface area contributed by atoms with Gasteiger partial charge >= 0.3 is 11.9 Å². The third-order valence-corrected chi connectivity index (χ3v) is 8.26. The topological polar surface area (TPSA) is 156 Å². The molecule has 1 aromatic rings. The van der Waals surface area contributed by atoms with Crippen molar-refractivity contribution < 1.29 is 34.5 Å². The fourth-order valence-corrected chi connectivity index (χ4v) is 6.49. The number of carbonyl (C=O) groups excluding carboxylic acids is 2. The number of anilines is 1. The highest BCUT2D eigenvalue weighted by Gasteiger charge is 2.60. The molecule has 0 saturated carbocycles. The summed E-state index contributed by atoms with van der Waals surface area (Å²) >= 11 is 1.36. The number of hydrogen-bond donors (Lipinski definition) is 5. The Morgan fingerprint density at radius 3 is 2.56 bits per heavy atom. The highest BCUT2D eigenvalue weighted by Crippen LogP contribution is 2.51. The molecule has 3 heterocycles. The number of carboxylic acid groups (broad SMARTS) is 2. The molecule has 2 fully saturated rings. The Labute approximate surface area is 200 Å². The van der Waals surface area contributed by atoms with Crippen LogP contribution in [0.25, 0.3) is 0 Å². The van der Waals surface area contributed by atoms with Crippen molar-refractivity contribution in [3.8, 4) is 0 Å². The average molecular weight is 490 g/mol. The predicted octanol–water partition coefficient (Wildman–Crippen LogP) is 1.25. The van der Waals surface area contributed by atoms with Gasteiger partial charge in [0.2, 0.25) is 11.8 Å². The monoisotopic (exact) mass is 489 g/mol. The molecule has 6 unspecified atom stereocenters. The molecule has 182 valence electrons. The molecule has 0 bridgehead atoms. The van der Waals surface area contributed by atoms with Gasteiger partial charge < -0.3 is 30.9 Å². The Bertz CT molecular complexity index is 1100. The van der Waals surface area contributed by atoms with Gasteiger partial charge in [0.25, 0.3) is 0 Å². The van der Waals surface area contributed by atoms with Crippen LogP contribution >= 0.6 is 11.8 Å². The summed E-state index contributed by atoms with van der Waals surface area (Å²) in [7, 11) is 0. The van der Waals surface area contributed by atoms with Gasteiger partial charge in [0, 0.05) is 28.3 Å². The average Bonchev–Trinajstić information content (AvgIpc) is 3.31. The number of nitrogens with one attached hydrogen (secondary N) is 2. The first kappa shape index (κ1) is 24.2. The summed E-state index contributed by atoms with van der Waals surface area (Å²) < 4.78 is 0. The third-order valence-electron chi connectivity index (χ3n) is 6.75. The molecule has 34 heavy (non-hydrogen) atoms. The Kier molecular flexibility index (Phi) is 6.45. The van der Waals surface area contributed by atoms with Crippen molar-refractivity contribution >= 4 is 41.2 Å². The van der Waals surface area contributed by atoms with Crippen molar-refractivity contribution in [2.45, 2.75) is 50.6 Å². The second-order valence-electron chi connectivity index (χ2n) is 9.03. The van der Waals surface area contributed by atoms with Crippen LogP contribution in [-0.2, 0) is 14.4 Å². The number of nitrogens with zero attached hydrogens (tertiary/aromatic N) is 1. The minimum absolute atomic E-state index is 0.0295. The van der Waals surface area contributed by atoms with Gasteiger partial charge in [0.05, 0.1) is 29.7 Å². The van der Waals surface area contributed by atoms with E-state index in [2.05, 4.69) is 10.6 Å². The number of aliphatic carboxylic acids is 1. The molecule has 10 nitrogen and oxygen atoms in total. The number of aliphatic hydroxyl groups is 1. The Morgan fingerprint density at radius 1 is 1.24 bits per heavy atom. The molecule has 0 aliphatic carbocycles. The van der Waals surface area contributed by atoms with E-state index >= 15 is 0 Å². The fourth-order valence-electron chi connectivity index (χ4n) is 5.01. The SMILES string of the molecule is Cc1ccc(NC(=O)C2CC(SC3=C(C(=O)O)N4C(=O)C(C(C)O)C4C3C)CN2)cc1C(=O)O. The second-order valence-corrected chi connectivity index (χ2v) is 10.4. The third kappa shape index (κ3) is 4.08. The van der Waals surface area contributed by atoms with Gasteiger partial charge in [-0.1, -0.05) is 13.0 Å². The number of aryl methyl sites for hydroxylation is 1. The van der Waals surface area contributed by atoms with Gasteiger partial charge in [-0.2, -0.15) is 0 Å². The highest BCUT2D eigenvalue weighted by atomic mass is 32.2. The number of aliphatic hydroxyl groups excluding tert-OH is 1. The van der Waals surface area contributed by atoms with E-state index in [4.69, 9.17) is 0 Å². The predicted molar refractivity (Wildman–Crippen MR) is 124 cm³/mol. The van der Waals surface area contributed by atoms with Crippen LogP contribution in [-0.4, -0.2) is 74.0 Å². The molecular weight excluding hydrogens is 462 g/mol. The number of amides is 2. The molecule has 4 rings (SSSR count). The molecule has 11 heteroatoms. The molecule has 0 radical (unpaired) electrons. The Balaban J connectivity index is 1.44. The summed E-state index contributed by atoms with van der Waals surface area (Å²) in [6.45, 7) is 5.55. The first-order valence-electron chi connectivity index (χ1n) is 11.0. The molecular formula is C23H27N3O7S. The lowest BCUT2D eigenvalue weighted by molar-refractivity contribution is -0.163. The van der Waals surface area contributed by atoms with Crippen LogP contribution in [0, 0.1) is 18.8 Å². The minimum atomic E-state index is -1.18. The maximum absolute atomic E-state index is 12.8. The van der Waals surface area contributed by atoms with E-state index in [9.17, 15) is 34.5 Å². The van der Waals surface area contributed by atoms with Gasteiger partial charge in [-0.15, -0.1) is 11.8 Å². The minimum Gasteiger partial charge on any atom is -0.478 e. The van der Waals surface area contributed by atoms with Crippen molar-refractivity contribution in [1.82, 2.24) is 10.2 Å². The number of β-lactam (4-membered cyclic amide) rings is 1. The van der Waals surface area contributed by atoms with Crippen LogP contribution in [0.4, 0.5) is 5.69 Å². The van der Waals surface area contributed by atoms with E-state index in [0.717, 1.165) is 0 Å². The smallest absolute Gasteiger partial charge is 0.353 e. The summed E-state index contributed by atoms with van der Waals surface area (Å²) in [5, 5.41) is 34.8. The highest BCUT2D eigenvalue weighted by molar-refractivity contribution is 8.03. The zero-order valence-electron chi connectivity index (χ0n) is 18.9. The lowest BCUT2D eigenvalue weighted by Crippen LogP contribution is -2.63. The molecule has 2 amide bonds. The molecule has 2 saturated heterocycles. The van der Waals surface area contributed by atoms with Crippen LogP contribution < -0.4 is 10.6 Å². The second kappa shape index (κ2) is 9.05. The first-order chi connectivity index (χ1) is 16.0. The van der Waals surface area contributed by atoms with Crippen LogP contribution in [0.15, 0.2) is 28.8 Å². The van der Waals surface area contributed by atoms with Crippen molar-refractivity contribution in [3.05, 3.63) is 39.9 Å². The summed E-state index contributed by atoms with van der Waals surface area (Å²) in [5.74, 6) is -3.78. The maximum Gasteiger partial charge on any atom is 0.353 e. The molecule has 5 N–H and O–H groups in total. The Hall–Kier alpha value is -2.89. The number of fused-ring (bicyclic) bond motifs is 1. The number of aromatic carboxylic acids is 1. The first-order valence-corrected chi connectivity index (χ1v) is 11.9. The van der Waals surface area contributed by atoms with E-state index in [-0.39, 0.29) is 40.3 Å². The van der Waals surface area contributed by atoms with Gasteiger partial charge in [-0.3, -0.25) is 9.59 Å². The van der Waals surface area contributed by atoms with Crippen LogP contribution in [0.5, 0.6) is 0 Å². The number of rotatable bonds is 7. The molecule has 1 aromatic carbocycles. The lowest BCUT2D eigenvalue weighted by atomic mass is 9.79. The van der Waals surface area contributed by atoms with E-state index < -0.39 is 30.0 Å². The normalized spacial score (nSPS) is 29.0. The van der Waals surface area contributed by atoms with Crippen molar-refractivity contribution in [2.24, 2.45) is 11.8 Å².